The Morgan fingerprint density at radius 3 is 2.27 bits per heavy atom. The van der Waals surface area contributed by atoms with Crippen LogP contribution in [0.4, 0.5) is 0 Å². The maximum atomic E-state index is 13.2. The molecule has 1 fully saturated rings. The first-order valence-corrected chi connectivity index (χ1v) is 9.64. The highest BCUT2D eigenvalue weighted by Crippen LogP contribution is 2.39. The molecule has 2 aromatic carbocycles. The van der Waals surface area contributed by atoms with Gasteiger partial charge in [-0.15, -0.1) is 0 Å². The zero-order valence-electron chi connectivity index (χ0n) is 16.7. The predicted octanol–water partition coefficient (Wildman–Crippen LogP) is -0.539. The van der Waals surface area contributed by atoms with Crippen LogP contribution >= 0.6 is 0 Å². The first-order chi connectivity index (χ1) is 15.6. The molecule has 0 radical (unpaired) electrons. The fourth-order valence-electron chi connectivity index (χ4n) is 3.51. The fourth-order valence-corrected chi connectivity index (χ4v) is 3.51. The average Bonchev–Trinajstić information content (AvgIpc) is 2.76. The van der Waals surface area contributed by atoms with Crippen molar-refractivity contribution in [3.8, 4) is 40.1 Å². The van der Waals surface area contributed by atoms with Crippen LogP contribution in [0.1, 0.15) is 0 Å². The van der Waals surface area contributed by atoms with Crippen molar-refractivity contribution >= 4 is 11.0 Å². The van der Waals surface area contributed by atoms with E-state index < -0.39 is 71.5 Å². The van der Waals surface area contributed by atoms with E-state index in [4.69, 9.17) is 13.9 Å². The molecule has 3 unspecified atom stereocenters. The minimum Gasteiger partial charge on any atom is -0.508 e. The Morgan fingerprint density at radius 1 is 0.879 bits per heavy atom. The van der Waals surface area contributed by atoms with Crippen molar-refractivity contribution in [2.75, 3.05) is 6.61 Å². The molecule has 1 aliphatic rings. The lowest BCUT2D eigenvalue weighted by atomic mass is 9.99. The van der Waals surface area contributed by atoms with Crippen molar-refractivity contribution in [3.63, 3.8) is 0 Å². The summed E-state index contributed by atoms with van der Waals surface area (Å²) in [6, 6.07) is 5.36. The molecule has 176 valence electrons. The second kappa shape index (κ2) is 8.42. The molecule has 4 rings (SSSR count). The van der Waals surface area contributed by atoms with Crippen LogP contribution in [0, 0.1) is 0 Å². The van der Waals surface area contributed by atoms with Gasteiger partial charge in [-0.3, -0.25) is 4.79 Å². The largest absolute Gasteiger partial charge is 0.508 e. The molecule has 33 heavy (non-hydrogen) atoms. The number of aliphatic hydroxyl groups excluding tert-OH is 4. The SMILES string of the molecule is O=c1c(O[C@@H]2OC(CO)C(O)C(O)[C@H]2O)c(-c2ccc(O)c(O)c2)oc2cc(O)cc(O)c12. The second-order valence-corrected chi connectivity index (χ2v) is 7.45. The number of rotatable bonds is 4. The van der Waals surface area contributed by atoms with Gasteiger partial charge >= 0.3 is 0 Å². The second-order valence-electron chi connectivity index (χ2n) is 7.45. The molecular formula is C21H20O12. The van der Waals surface area contributed by atoms with Gasteiger partial charge in [0.15, 0.2) is 17.3 Å². The van der Waals surface area contributed by atoms with Gasteiger partial charge in [-0.25, -0.2) is 0 Å². The van der Waals surface area contributed by atoms with Gasteiger partial charge in [0.25, 0.3) is 0 Å². The molecule has 1 saturated heterocycles. The number of ether oxygens (including phenoxy) is 2. The Kier molecular flexibility index (Phi) is 5.78. The highest BCUT2D eigenvalue weighted by Gasteiger charge is 2.45. The fraction of sp³-hybridized carbons (Fsp3) is 0.286. The van der Waals surface area contributed by atoms with E-state index in [9.17, 15) is 45.6 Å². The monoisotopic (exact) mass is 464 g/mol. The maximum Gasteiger partial charge on any atom is 0.239 e. The Balaban J connectivity index is 1.91. The summed E-state index contributed by atoms with van der Waals surface area (Å²) in [6.45, 7) is -0.740. The number of phenolic OH excluding ortho intramolecular Hbond substituents is 4. The van der Waals surface area contributed by atoms with E-state index in [1.165, 1.54) is 6.07 Å². The Bertz CT molecular complexity index is 1250. The van der Waals surface area contributed by atoms with Crippen molar-refractivity contribution in [1.29, 1.82) is 0 Å². The zero-order valence-corrected chi connectivity index (χ0v) is 16.7. The smallest absolute Gasteiger partial charge is 0.239 e. The molecule has 12 heteroatoms. The van der Waals surface area contributed by atoms with E-state index in [2.05, 4.69) is 0 Å². The van der Waals surface area contributed by atoms with Crippen LogP contribution in [0.5, 0.6) is 28.7 Å². The van der Waals surface area contributed by atoms with Crippen LogP contribution < -0.4 is 10.2 Å². The number of hydrogen-bond donors (Lipinski definition) is 8. The normalized spacial score (nSPS) is 25.3. The average molecular weight is 464 g/mol. The third-order valence-electron chi connectivity index (χ3n) is 5.24. The van der Waals surface area contributed by atoms with Crippen LogP contribution in [0.25, 0.3) is 22.3 Å². The van der Waals surface area contributed by atoms with Crippen molar-refractivity contribution in [2.45, 2.75) is 30.7 Å². The summed E-state index contributed by atoms with van der Waals surface area (Å²) < 4.78 is 16.5. The minimum absolute atomic E-state index is 0.0201. The van der Waals surface area contributed by atoms with Gasteiger partial charge in [-0.2, -0.15) is 0 Å². The molecule has 2 heterocycles. The van der Waals surface area contributed by atoms with Gasteiger partial charge < -0.3 is 54.7 Å². The minimum atomic E-state index is -1.85. The van der Waals surface area contributed by atoms with Crippen molar-refractivity contribution in [2.24, 2.45) is 0 Å². The number of fused-ring (bicyclic) bond motifs is 1. The summed E-state index contributed by atoms with van der Waals surface area (Å²) in [5.74, 6) is -3.05. The lowest BCUT2D eigenvalue weighted by Crippen LogP contribution is -2.60. The number of phenols is 4. The molecule has 3 aromatic rings. The molecule has 1 aromatic heterocycles. The van der Waals surface area contributed by atoms with E-state index in [0.29, 0.717) is 0 Å². The molecule has 12 nitrogen and oxygen atoms in total. The van der Waals surface area contributed by atoms with Gasteiger partial charge in [-0.1, -0.05) is 0 Å². The summed E-state index contributed by atoms with van der Waals surface area (Å²) in [5, 5.41) is 78.7. The van der Waals surface area contributed by atoms with E-state index in [1.807, 2.05) is 0 Å². The van der Waals surface area contributed by atoms with Crippen LogP contribution in [0.3, 0.4) is 0 Å². The molecule has 0 aliphatic carbocycles. The first-order valence-electron chi connectivity index (χ1n) is 9.64. The quantitative estimate of drug-likeness (QED) is 0.229. The van der Waals surface area contributed by atoms with E-state index in [0.717, 1.165) is 24.3 Å². The van der Waals surface area contributed by atoms with Crippen molar-refractivity contribution in [3.05, 3.63) is 40.6 Å². The molecule has 5 atom stereocenters. The molecule has 0 bridgehead atoms. The van der Waals surface area contributed by atoms with Gasteiger partial charge in [0.1, 0.15) is 46.9 Å². The zero-order chi connectivity index (χ0) is 24.0. The summed E-state index contributed by atoms with van der Waals surface area (Å²) in [4.78, 5) is 13.2. The third kappa shape index (κ3) is 3.90. The molecule has 0 amide bonds. The third-order valence-corrected chi connectivity index (χ3v) is 5.24. The highest BCUT2D eigenvalue weighted by molar-refractivity contribution is 5.88. The predicted molar refractivity (Wildman–Crippen MR) is 109 cm³/mol. The number of aliphatic hydroxyl groups is 4. The van der Waals surface area contributed by atoms with Crippen LogP contribution in [0.15, 0.2) is 39.5 Å². The van der Waals surface area contributed by atoms with Crippen LogP contribution in [0.2, 0.25) is 0 Å². The van der Waals surface area contributed by atoms with Crippen LogP contribution in [-0.4, -0.2) is 78.2 Å². The Morgan fingerprint density at radius 2 is 1.61 bits per heavy atom. The number of aromatic hydroxyl groups is 4. The molecule has 1 aliphatic heterocycles. The Labute approximate surface area is 184 Å². The topological polar surface area (TPSA) is 211 Å². The van der Waals surface area contributed by atoms with Gasteiger partial charge in [0.05, 0.1) is 6.61 Å². The van der Waals surface area contributed by atoms with E-state index in [-0.39, 0.29) is 22.3 Å². The van der Waals surface area contributed by atoms with Gasteiger partial charge in [-0.05, 0) is 18.2 Å². The van der Waals surface area contributed by atoms with Crippen molar-refractivity contribution < 1.29 is 54.7 Å². The Hall–Kier alpha value is -3.55. The lowest BCUT2D eigenvalue weighted by Gasteiger charge is -2.39. The number of hydrogen-bond acceptors (Lipinski definition) is 12. The molecule has 8 N–H and O–H groups in total. The standard InChI is InChI=1S/C21H20O12/c22-6-13-15(27)17(29)18(30)21(32-13)33-20-16(28)14-11(26)4-8(23)5-12(14)31-19(20)7-1-2-9(24)10(25)3-7/h1-5,13,15,17-18,21-27,29-30H,6H2/t13?,15?,17?,18-,21+/m1/s1. The summed E-state index contributed by atoms with van der Waals surface area (Å²) in [6.07, 6.45) is -8.40. The van der Waals surface area contributed by atoms with Crippen molar-refractivity contribution in [1.82, 2.24) is 0 Å². The van der Waals surface area contributed by atoms with E-state index in [1.54, 1.807) is 0 Å². The van der Waals surface area contributed by atoms with Crippen LogP contribution in [-0.2, 0) is 4.74 Å². The maximum absolute atomic E-state index is 13.2. The van der Waals surface area contributed by atoms with Gasteiger partial charge in [0, 0.05) is 17.7 Å². The summed E-state index contributed by atoms with van der Waals surface area (Å²) in [7, 11) is 0. The van der Waals surface area contributed by atoms with Gasteiger partial charge in [0.2, 0.25) is 17.5 Å². The van der Waals surface area contributed by atoms with E-state index >= 15 is 0 Å². The molecular weight excluding hydrogens is 444 g/mol. The summed E-state index contributed by atoms with van der Waals surface area (Å²) in [5.41, 5.74) is -1.19. The molecule has 0 spiro atoms. The summed E-state index contributed by atoms with van der Waals surface area (Å²) >= 11 is 0. The molecule has 0 saturated carbocycles. The first kappa shape index (κ1) is 22.6. The highest BCUT2D eigenvalue weighted by atomic mass is 16.7. The number of benzene rings is 2. The lowest BCUT2D eigenvalue weighted by molar-refractivity contribution is -0.277.